The molecule has 0 aromatic rings. The quantitative estimate of drug-likeness (QED) is 0.699. The van der Waals surface area contributed by atoms with Crippen LogP contribution in [0.2, 0.25) is 0 Å². The van der Waals surface area contributed by atoms with Crippen LogP contribution in [0.25, 0.3) is 0 Å². The molecule has 1 aliphatic heterocycles. The Morgan fingerprint density at radius 3 is 2.42 bits per heavy atom. The van der Waals surface area contributed by atoms with Crippen LogP contribution in [0.5, 0.6) is 0 Å². The highest BCUT2D eigenvalue weighted by molar-refractivity contribution is 7.92. The van der Waals surface area contributed by atoms with Gasteiger partial charge in [0, 0.05) is 6.04 Å². The lowest BCUT2D eigenvalue weighted by molar-refractivity contribution is -0.148. The summed E-state index contributed by atoms with van der Waals surface area (Å²) in [4.78, 5) is 24.9. The molecule has 0 aromatic carbocycles. The summed E-state index contributed by atoms with van der Waals surface area (Å²) in [5.41, 5.74) is 0. The highest BCUT2D eigenvalue weighted by Crippen LogP contribution is 2.22. The number of amides is 1. The second-order valence-electron chi connectivity index (χ2n) is 4.99. The Labute approximate surface area is 114 Å². The molecule has 1 unspecified atom stereocenters. The molecule has 0 aliphatic carbocycles. The van der Waals surface area contributed by atoms with Crippen molar-refractivity contribution in [3.63, 3.8) is 0 Å². The topological polar surface area (TPSA) is 80.8 Å². The van der Waals surface area contributed by atoms with Crippen molar-refractivity contribution in [3.05, 3.63) is 0 Å². The first-order valence-electron chi connectivity index (χ1n) is 6.38. The number of hydrogen-bond donors (Lipinski definition) is 0. The summed E-state index contributed by atoms with van der Waals surface area (Å²) in [5, 5.41) is -1.01. The van der Waals surface area contributed by atoms with Gasteiger partial charge in [0.1, 0.15) is 11.8 Å². The normalized spacial score (nSPS) is 22.0. The van der Waals surface area contributed by atoms with E-state index < -0.39 is 27.0 Å². The van der Waals surface area contributed by atoms with Crippen molar-refractivity contribution in [1.29, 1.82) is 0 Å². The van der Waals surface area contributed by atoms with Gasteiger partial charge in [0.2, 0.25) is 5.91 Å². The molecule has 0 radical (unpaired) electrons. The maximum Gasteiger partial charge on any atom is 0.325 e. The van der Waals surface area contributed by atoms with E-state index in [1.807, 2.05) is 0 Å². The molecule has 0 N–H and O–H groups in total. The minimum Gasteiger partial charge on any atom is -0.468 e. The van der Waals surface area contributed by atoms with Crippen LogP contribution in [0.4, 0.5) is 0 Å². The van der Waals surface area contributed by atoms with Crippen LogP contribution in [-0.4, -0.2) is 55.9 Å². The predicted octanol–water partition coefficient (Wildman–Crippen LogP) is 0.364. The van der Waals surface area contributed by atoms with Gasteiger partial charge in [-0.15, -0.1) is 0 Å². The van der Waals surface area contributed by atoms with E-state index in [2.05, 4.69) is 4.74 Å². The second kappa shape index (κ2) is 6.36. The number of hydrogen-bond acceptors (Lipinski definition) is 5. The number of carbonyl (C=O) groups excluding carboxylic acids is 2. The fourth-order valence-electron chi connectivity index (χ4n) is 2.14. The van der Waals surface area contributed by atoms with Gasteiger partial charge in [0.25, 0.3) is 0 Å². The van der Waals surface area contributed by atoms with Gasteiger partial charge in [-0.05, 0) is 26.7 Å². The molecule has 1 amide bonds. The second-order valence-corrected chi connectivity index (χ2v) is 7.29. The van der Waals surface area contributed by atoms with Gasteiger partial charge in [-0.2, -0.15) is 0 Å². The van der Waals surface area contributed by atoms with Crippen molar-refractivity contribution >= 4 is 21.7 Å². The third kappa shape index (κ3) is 3.92. The molecule has 0 aromatic heterocycles. The standard InChI is InChI=1S/C12H21NO5S/c1-9(2)13(8-11(14)18-3)12(15)10-6-4-5-7-19(10,16)17/h9-10H,4-8H2,1-3H3. The van der Waals surface area contributed by atoms with Crippen molar-refractivity contribution in [1.82, 2.24) is 4.90 Å². The number of nitrogens with zero attached hydrogens (tertiary/aromatic N) is 1. The van der Waals surface area contributed by atoms with Gasteiger partial charge in [-0.1, -0.05) is 6.42 Å². The molecule has 1 saturated heterocycles. The molecular formula is C12H21NO5S. The molecule has 6 nitrogen and oxygen atoms in total. The first-order valence-corrected chi connectivity index (χ1v) is 8.10. The van der Waals surface area contributed by atoms with Gasteiger partial charge >= 0.3 is 5.97 Å². The zero-order valence-corrected chi connectivity index (χ0v) is 12.4. The lowest BCUT2D eigenvalue weighted by Gasteiger charge is -2.31. The fourth-order valence-corrected chi connectivity index (χ4v) is 3.99. The number of esters is 1. The van der Waals surface area contributed by atoms with E-state index in [0.29, 0.717) is 12.8 Å². The molecule has 0 saturated carbocycles. The summed E-state index contributed by atoms with van der Waals surface area (Å²) >= 11 is 0. The van der Waals surface area contributed by atoms with Gasteiger partial charge in [0.05, 0.1) is 12.9 Å². The predicted molar refractivity (Wildman–Crippen MR) is 70.3 cm³/mol. The summed E-state index contributed by atoms with van der Waals surface area (Å²) < 4.78 is 28.4. The number of ether oxygens (including phenoxy) is 1. The number of rotatable bonds is 4. The van der Waals surface area contributed by atoms with Crippen LogP contribution >= 0.6 is 0 Å². The Bertz CT molecular complexity index is 443. The Balaban J connectivity index is 2.90. The van der Waals surface area contributed by atoms with Crippen molar-refractivity contribution in [2.45, 2.75) is 44.4 Å². The zero-order valence-electron chi connectivity index (χ0n) is 11.6. The molecule has 1 atom stereocenters. The highest BCUT2D eigenvalue weighted by Gasteiger charge is 2.38. The minimum absolute atomic E-state index is 0.0492. The molecule has 19 heavy (non-hydrogen) atoms. The maximum atomic E-state index is 12.3. The lowest BCUT2D eigenvalue weighted by atomic mass is 10.1. The van der Waals surface area contributed by atoms with Crippen molar-refractivity contribution in [2.75, 3.05) is 19.4 Å². The number of sulfone groups is 1. The number of methoxy groups -OCH3 is 1. The highest BCUT2D eigenvalue weighted by atomic mass is 32.2. The molecular weight excluding hydrogens is 270 g/mol. The zero-order chi connectivity index (χ0) is 14.6. The van der Waals surface area contributed by atoms with E-state index in [4.69, 9.17) is 0 Å². The van der Waals surface area contributed by atoms with Crippen LogP contribution in [0.3, 0.4) is 0 Å². The average Bonchev–Trinajstić information content (AvgIpc) is 2.33. The van der Waals surface area contributed by atoms with Crippen molar-refractivity contribution in [2.24, 2.45) is 0 Å². The fraction of sp³-hybridized carbons (Fsp3) is 0.833. The Hall–Kier alpha value is -1.11. The monoisotopic (exact) mass is 291 g/mol. The summed E-state index contributed by atoms with van der Waals surface area (Å²) in [5.74, 6) is -0.983. The van der Waals surface area contributed by atoms with Crippen LogP contribution < -0.4 is 0 Å². The molecule has 0 bridgehead atoms. The van der Waals surface area contributed by atoms with E-state index in [-0.39, 0.29) is 18.3 Å². The van der Waals surface area contributed by atoms with E-state index in [1.165, 1.54) is 12.0 Å². The van der Waals surface area contributed by atoms with Crippen LogP contribution in [0.15, 0.2) is 0 Å². The van der Waals surface area contributed by atoms with Crippen LogP contribution in [0, 0.1) is 0 Å². The molecule has 7 heteroatoms. The summed E-state index contributed by atoms with van der Waals surface area (Å²) in [6.07, 6.45) is 1.66. The molecule has 1 aliphatic rings. The Morgan fingerprint density at radius 2 is 1.95 bits per heavy atom. The van der Waals surface area contributed by atoms with E-state index in [0.717, 1.165) is 6.42 Å². The average molecular weight is 291 g/mol. The van der Waals surface area contributed by atoms with Gasteiger partial charge < -0.3 is 9.64 Å². The molecule has 1 heterocycles. The van der Waals surface area contributed by atoms with Crippen molar-refractivity contribution in [3.8, 4) is 0 Å². The van der Waals surface area contributed by atoms with Crippen molar-refractivity contribution < 1.29 is 22.7 Å². The molecule has 0 spiro atoms. The van der Waals surface area contributed by atoms with Gasteiger partial charge in [0.15, 0.2) is 9.84 Å². The molecule has 110 valence electrons. The summed E-state index contributed by atoms with van der Waals surface area (Å²) in [6.45, 7) is 3.28. The van der Waals surface area contributed by atoms with E-state index >= 15 is 0 Å². The Kier molecular flexibility index (Phi) is 5.34. The first-order chi connectivity index (χ1) is 8.79. The lowest BCUT2D eigenvalue weighted by Crippen LogP contribution is -2.49. The maximum absolute atomic E-state index is 12.3. The first kappa shape index (κ1) is 15.9. The smallest absolute Gasteiger partial charge is 0.325 e. The van der Waals surface area contributed by atoms with Gasteiger partial charge in [-0.25, -0.2) is 8.42 Å². The van der Waals surface area contributed by atoms with E-state index in [9.17, 15) is 18.0 Å². The summed E-state index contributed by atoms with van der Waals surface area (Å²) in [7, 11) is -2.15. The van der Waals surface area contributed by atoms with E-state index in [1.54, 1.807) is 13.8 Å². The molecule has 1 fully saturated rings. The minimum atomic E-state index is -3.39. The van der Waals surface area contributed by atoms with Crippen LogP contribution in [0.1, 0.15) is 33.1 Å². The van der Waals surface area contributed by atoms with Gasteiger partial charge in [-0.3, -0.25) is 9.59 Å². The summed E-state index contributed by atoms with van der Waals surface area (Å²) in [6, 6.07) is -0.247. The largest absolute Gasteiger partial charge is 0.468 e. The van der Waals surface area contributed by atoms with Crippen LogP contribution in [-0.2, 0) is 24.2 Å². The third-order valence-corrected chi connectivity index (χ3v) is 5.45. The SMILES string of the molecule is COC(=O)CN(C(=O)C1CCCCS1(=O)=O)C(C)C. The number of carbonyl (C=O) groups is 2. The molecule has 1 rings (SSSR count). The third-order valence-electron chi connectivity index (χ3n) is 3.29. The Morgan fingerprint density at radius 1 is 1.32 bits per heavy atom.